The maximum Gasteiger partial charge on any atom is 0.248 e. The van der Waals surface area contributed by atoms with Crippen molar-refractivity contribution in [1.29, 1.82) is 0 Å². The summed E-state index contributed by atoms with van der Waals surface area (Å²) >= 11 is 0. The summed E-state index contributed by atoms with van der Waals surface area (Å²) in [5, 5.41) is 13.7. The Hall–Kier alpha value is -1.34. The van der Waals surface area contributed by atoms with Crippen LogP contribution >= 0.6 is 0 Å². The lowest BCUT2D eigenvalue weighted by molar-refractivity contribution is -0.140. The van der Waals surface area contributed by atoms with Gasteiger partial charge in [0, 0.05) is 13.1 Å². The summed E-state index contributed by atoms with van der Waals surface area (Å²) in [6, 6.07) is 0. The van der Waals surface area contributed by atoms with Gasteiger partial charge in [-0.05, 0) is 18.8 Å². The van der Waals surface area contributed by atoms with E-state index in [1.165, 1.54) is 0 Å². The van der Waals surface area contributed by atoms with Crippen LogP contribution in [0, 0.1) is 11.3 Å². The fourth-order valence-corrected chi connectivity index (χ4v) is 2.66. The number of morpholine rings is 1. The molecule has 0 radical (unpaired) electrons. The van der Waals surface area contributed by atoms with E-state index in [-0.39, 0.29) is 11.7 Å². The van der Waals surface area contributed by atoms with Crippen molar-refractivity contribution in [2.24, 2.45) is 22.2 Å². The molecule has 7 nitrogen and oxygen atoms in total. The van der Waals surface area contributed by atoms with Gasteiger partial charge in [0.05, 0.1) is 13.2 Å². The summed E-state index contributed by atoms with van der Waals surface area (Å²) in [4.78, 5) is 12.3. The zero-order valence-electron chi connectivity index (χ0n) is 10.6. The summed E-state index contributed by atoms with van der Waals surface area (Å²) in [6.45, 7) is 4.58. The molecule has 4 N–H and O–H groups in total. The molecule has 1 aliphatic heterocycles. The number of hydrogen-bond donors (Lipinski definition) is 3. The molecule has 1 saturated carbocycles. The summed E-state index contributed by atoms with van der Waals surface area (Å²) in [6.07, 6.45) is 1.25. The summed E-state index contributed by atoms with van der Waals surface area (Å²) in [5.41, 5.74) is 7.68. The first-order chi connectivity index (χ1) is 8.58. The average molecular weight is 256 g/mol. The van der Waals surface area contributed by atoms with Gasteiger partial charge in [0.1, 0.15) is 5.41 Å². The second-order valence-corrected chi connectivity index (χ2v) is 5.12. The summed E-state index contributed by atoms with van der Waals surface area (Å²) in [7, 11) is 0. The smallest absolute Gasteiger partial charge is 0.248 e. The molecule has 2 fully saturated rings. The fraction of sp³-hybridized carbons (Fsp3) is 0.818. The van der Waals surface area contributed by atoms with Crippen LogP contribution in [-0.4, -0.2) is 48.3 Å². The third kappa shape index (κ3) is 2.28. The van der Waals surface area contributed by atoms with Crippen molar-refractivity contribution in [1.82, 2.24) is 10.4 Å². The lowest BCUT2D eigenvalue weighted by Gasteiger charge is -2.44. The van der Waals surface area contributed by atoms with Gasteiger partial charge >= 0.3 is 0 Å². The van der Waals surface area contributed by atoms with Gasteiger partial charge in [-0.3, -0.25) is 10.2 Å². The molecular formula is C11H20N4O3. The first kappa shape index (κ1) is 13.1. The van der Waals surface area contributed by atoms with Crippen molar-refractivity contribution in [3.05, 3.63) is 0 Å². The second kappa shape index (κ2) is 5.11. The lowest BCUT2D eigenvalue weighted by atomic mass is 9.61. The van der Waals surface area contributed by atoms with Crippen LogP contribution in [0.25, 0.3) is 0 Å². The molecule has 0 aromatic heterocycles. The molecule has 0 spiro atoms. The molecule has 0 aromatic rings. The van der Waals surface area contributed by atoms with Crippen molar-refractivity contribution in [3.63, 3.8) is 0 Å². The molecule has 1 aliphatic carbocycles. The first-order valence-corrected chi connectivity index (χ1v) is 6.20. The number of ether oxygens (including phenoxy) is 1. The van der Waals surface area contributed by atoms with E-state index in [4.69, 9.17) is 15.7 Å². The van der Waals surface area contributed by atoms with E-state index in [0.29, 0.717) is 45.1 Å². The second-order valence-electron chi connectivity index (χ2n) is 5.12. The minimum Gasteiger partial charge on any atom is -0.409 e. The van der Waals surface area contributed by atoms with Crippen molar-refractivity contribution < 1.29 is 14.7 Å². The molecule has 0 bridgehead atoms. The highest BCUT2D eigenvalue weighted by atomic mass is 16.5. The van der Waals surface area contributed by atoms with Crippen LogP contribution in [0.5, 0.6) is 0 Å². The zero-order valence-corrected chi connectivity index (χ0v) is 10.6. The van der Waals surface area contributed by atoms with Gasteiger partial charge in [-0.1, -0.05) is 12.1 Å². The van der Waals surface area contributed by atoms with Gasteiger partial charge in [-0.2, -0.15) is 0 Å². The van der Waals surface area contributed by atoms with Crippen molar-refractivity contribution in [3.8, 4) is 0 Å². The molecular weight excluding hydrogens is 236 g/mol. The Kier molecular flexibility index (Phi) is 3.72. The van der Waals surface area contributed by atoms with E-state index in [9.17, 15) is 4.79 Å². The highest BCUT2D eigenvalue weighted by Crippen LogP contribution is 2.45. The normalized spacial score (nSPS) is 33.8. The molecule has 0 atom stereocenters. The summed E-state index contributed by atoms with van der Waals surface area (Å²) in [5.74, 6) is 0.241. The summed E-state index contributed by atoms with van der Waals surface area (Å²) < 4.78 is 5.21. The molecule has 2 aliphatic rings. The topological polar surface area (TPSA) is 100 Å². The molecule has 2 rings (SSSR count). The Morgan fingerprint density at radius 3 is 2.61 bits per heavy atom. The highest BCUT2D eigenvalue weighted by molar-refractivity contribution is 6.07. The number of hydrazine groups is 1. The van der Waals surface area contributed by atoms with E-state index in [0.717, 1.165) is 0 Å². The minimum absolute atomic E-state index is 0.00589. The van der Waals surface area contributed by atoms with Gasteiger partial charge < -0.3 is 15.7 Å². The Balaban J connectivity index is 2.00. The maximum absolute atomic E-state index is 12.3. The quantitative estimate of drug-likeness (QED) is 0.274. The van der Waals surface area contributed by atoms with E-state index < -0.39 is 5.41 Å². The van der Waals surface area contributed by atoms with Crippen molar-refractivity contribution in [2.75, 3.05) is 26.3 Å². The Morgan fingerprint density at radius 1 is 1.50 bits per heavy atom. The third-order valence-electron chi connectivity index (χ3n) is 3.70. The lowest BCUT2D eigenvalue weighted by Crippen LogP contribution is -2.61. The number of amidine groups is 1. The number of carbonyl (C=O) groups is 1. The number of nitrogens with zero attached hydrogens (tertiary/aromatic N) is 2. The average Bonchev–Trinajstić information content (AvgIpc) is 2.34. The number of nitrogens with one attached hydrogen (secondary N) is 1. The van der Waals surface area contributed by atoms with Crippen molar-refractivity contribution in [2.45, 2.75) is 19.8 Å². The zero-order chi connectivity index (χ0) is 13.2. The minimum atomic E-state index is -0.841. The molecule has 1 saturated heterocycles. The number of oxime groups is 1. The predicted molar refractivity (Wildman–Crippen MR) is 64.8 cm³/mol. The fourth-order valence-electron chi connectivity index (χ4n) is 2.66. The van der Waals surface area contributed by atoms with Gasteiger partial charge in [0.15, 0.2) is 5.84 Å². The van der Waals surface area contributed by atoms with E-state index in [2.05, 4.69) is 10.6 Å². The Bertz CT molecular complexity index is 346. The number of rotatable bonds is 3. The molecule has 0 aromatic carbocycles. The maximum atomic E-state index is 12.3. The van der Waals surface area contributed by atoms with E-state index in [1.54, 1.807) is 0 Å². The van der Waals surface area contributed by atoms with Gasteiger partial charge in [0.25, 0.3) is 0 Å². The van der Waals surface area contributed by atoms with Gasteiger partial charge in [0.2, 0.25) is 5.91 Å². The first-order valence-electron chi connectivity index (χ1n) is 6.20. The van der Waals surface area contributed by atoms with Crippen LogP contribution in [0.4, 0.5) is 0 Å². The predicted octanol–water partition coefficient (Wildman–Crippen LogP) is -0.487. The van der Waals surface area contributed by atoms with E-state index >= 15 is 0 Å². The van der Waals surface area contributed by atoms with Crippen LogP contribution in [0.2, 0.25) is 0 Å². The van der Waals surface area contributed by atoms with Crippen LogP contribution in [0.3, 0.4) is 0 Å². The van der Waals surface area contributed by atoms with Crippen LogP contribution in [0.1, 0.15) is 19.8 Å². The Labute approximate surface area is 106 Å². The van der Waals surface area contributed by atoms with Gasteiger partial charge in [-0.15, -0.1) is 0 Å². The largest absolute Gasteiger partial charge is 0.409 e. The van der Waals surface area contributed by atoms with Crippen LogP contribution < -0.4 is 11.2 Å². The molecule has 7 heteroatoms. The molecule has 0 unspecified atom stereocenters. The van der Waals surface area contributed by atoms with E-state index in [1.807, 2.05) is 11.9 Å². The molecule has 1 heterocycles. The number of carbonyl (C=O) groups excluding carboxylic acids is 1. The molecule has 102 valence electrons. The van der Waals surface area contributed by atoms with Crippen LogP contribution in [-0.2, 0) is 9.53 Å². The monoisotopic (exact) mass is 256 g/mol. The van der Waals surface area contributed by atoms with Gasteiger partial charge in [-0.25, -0.2) is 5.01 Å². The third-order valence-corrected chi connectivity index (χ3v) is 3.70. The van der Waals surface area contributed by atoms with Crippen LogP contribution in [0.15, 0.2) is 5.16 Å². The number of hydrogen-bond acceptors (Lipinski definition) is 5. The molecule has 1 amide bonds. The Morgan fingerprint density at radius 2 is 2.11 bits per heavy atom. The highest BCUT2D eigenvalue weighted by Gasteiger charge is 2.52. The molecule has 18 heavy (non-hydrogen) atoms. The number of nitrogens with two attached hydrogens (primary N) is 1. The SMILES string of the molecule is CC1CC(C(=O)NN2CCOCC2)(C(N)=NO)C1. The number of amides is 1. The standard InChI is InChI=1S/C11H20N4O3/c1-8-6-11(7-8,9(12)14-17)10(16)13-15-2-4-18-5-3-15/h8,17H,2-7H2,1H3,(H2,12,14)(H,13,16). The van der Waals surface area contributed by atoms with Crippen molar-refractivity contribution >= 4 is 11.7 Å².